The van der Waals surface area contributed by atoms with E-state index in [9.17, 15) is 0 Å². The molecule has 1 heterocycles. The maximum Gasteiger partial charge on any atom is 0.0542 e. The Kier molecular flexibility index (Phi) is 7.48. The van der Waals surface area contributed by atoms with Gasteiger partial charge in [-0.05, 0) is 119 Å². The van der Waals surface area contributed by atoms with Crippen molar-refractivity contribution >= 4 is 55.9 Å². The Balaban J connectivity index is 1.20. The highest BCUT2D eigenvalue weighted by Gasteiger charge is 2.35. The normalized spacial score (nSPS) is 12.8. The van der Waals surface area contributed by atoms with Gasteiger partial charge in [0.1, 0.15) is 0 Å². The van der Waals surface area contributed by atoms with E-state index in [0.29, 0.717) is 0 Å². The van der Waals surface area contributed by atoms with Crippen molar-refractivity contribution in [1.29, 1.82) is 0 Å². The van der Waals surface area contributed by atoms with Gasteiger partial charge in [-0.3, -0.25) is 0 Å². The van der Waals surface area contributed by atoms with Crippen molar-refractivity contribution < 1.29 is 0 Å². The van der Waals surface area contributed by atoms with Crippen LogP contribution in [-0.4, -0.2) is 4.57 Å². The molecule has 1 aliphatic carbocycles. The Hall–Kier alpha value is -6.84. The van der Waals surface area contributed by atoms with Gasteiger partial charge in [-0.1, -0.05) is 117 Å². The van der Waals surface area contributed by atoms with E-state index in [1.54, 1.807) is 0 Å². The van der Waals surface area contributed by atoms with Crippen molar-refractivity contribution in [3.63, 3.8) is 0 Å². The Morgan fingerprint density at radius 1 is 0.352 bits per heavy atom. The highest BCUT2D eigenvalue weighted by atomic mass is 15.1. The molecule has 0 atom stereocenters. The summed E-state index contributed by atoms with van der Waals surface area (Å²) in [5.74, 6) is 0. The SMILES string of the molecule is CC1(C)c2ccccc2-c2ccc(N(c3ccccc3)c3ccc4c(c3)c3cc(N(c5ccccc5)c5ccccc5)ccc3n4-c3ccccc3)cc21. The first-order chi connectivity index (χ1) is 26.6. The summed E-state index contributed by atoms with van der Waals surface area (Å²) in [6.45, 7) is 4.70. The molecule has 0 unspecified atom stereocenters. The number of nitrogens with zero attached hydrogens (tertiary/aromatic N) is 3. The minimum Gasteiger partial charge on any atom is -0.310 e. The van der Waals surface area contributed by atoms with Crippen LogP contribution in [0.3, 0.4) is 0 Å². The summed E-state index contributed by atoms with van der Waals surface area (Å²) in [6, 6.07) is 72.5. The number of rotatable bonds is 7. The zero-order chi connectivity index (χ0) is 36.2. The molecule has 10 rings (SSSR count). The number of fused-ring (bicyclic) bond motifs is 6. The van der Waals surface area contributed by atoms with Crippen LogP contribution in [0.4, 0.5) is 34.1 Å². The summed E-state index contributed by atoms with van der Waals surface area (Å²) in [4.78, 5) is 4.75. The van der Waals surface area contributed by atoms with Crippen molar-refractivity contribution in [2.45, 2.75) is 19.3 Å². The topological polar surface area (TPSA) is 11.4 Å². The molecule has 0 amide bonds. The second-order valence-electron chi connectivity index (χ2n) is 14.7. The molecule has 3 nitrogen and oxygen atoms in total. The quantitative estimate of drug-likeness (QED) is 0.165. The Bertz CT molecular complexity index is 2750. The van der Waals surface area contributed by atoms with Gasteiger partial charge in [-0.2, -0.15) is 0 Å². The highest BCUT2D eigenvalue weighted by molar-refractivity contribution is 6.12. The molecule has 8 aromatic carbocycles. The fourth-order valence-electron chi connectivity index (χ4n) is 8.59. The molecular weight excluding hydrogens is 655 g/mol. The van der Waals surface area contributed by atoms with Crippen molar-refractivity contribution in [3.05, 3.63) is 211 Å². The molecule has 0 saturated heterocycles. The summed E-state index contributed by atoms with van der Waals surface area (Å²) >= 11 is 0. The number of hydrogen-bond donors (Lipinski definition) is 0. The lowest BCUT2D eigenvalue weighted by atomic mass is 9.82. The van der Waals surface area contributed by atoms with Crippen LogP contribution >= 0.6 is 0 Å². The molecule has 1 aliphatic rings. The number of para-hydroxylation sites is 4. The van der Waals surface area contributed by atoms with E-state index in [2.05, 4.69) is 228 Å². The number of aromatic nitrogens is 1. The van der Waals surface area contributed by atoms with Crippen molar-refractivity contribution in [1.82, 2.24) is 4.57 Å². The van der Waals surface area contributed by atoms with E-state index < -0.39 is 0 Å². The molecule has 1 aromatic heterocycles. The molecule has 0 radical (unpaired) electrons. The third kappa shape index (κ3) is 5.12. The number of hydrogen-bond acceptors (Lipinski definition) is 2. The second kappa shape index (κ2) is 12.7. The first-order valence-electron chi connectivity index (χ1n) is 18.7. The largest absolute Gasteiger partial charge is 0.310 e. The highest BCUT2D eigenvalue weighted by Crippen LogP contribution is 2.51. The second-order valence-corrected chi connectivity index (χ2v) is 14.7. The van der Waals surface area contributed by atoms with Crippen LogP contribution in [0.25, 0.3) is 38.6 Å². The van der Waals surface area contributed by atoms with Gasteiger partial charge in [-0.15, -0.1) is 0 Å². The molecule has 0 bridgehead atoms. The molecule has 0 aliphatic heterocycles. The van der Waals surface area contributed by atoms with Gasteiger partial charge in [0.05, 0.1) is 11.0 Å². The summed E-state index contributed by atoms with van der Waals surface area (Å²) in [7, 11) is 0. The van der Waals surface area contributed by atoms with Crippen LogP contribution in [-0.2, 0) is 5.41 Å². The minimum atomic E-state index is -0.100. The molecule has 0 saturated carbocycles. The summed E-state index contributed by atoms with van der Waals surface area (Å²) in [6.07, 6.45) is 0. The zero-order valence-electron chi connectivity index (χ0n) is 30.4. The van der Waals surface area contributed by atoms with Crippen LogP contribution < -0.4 is 9.80 Å². The van der Waals surface area contributed by atoms with Crippen LogP contribution in [0.15, 0.2) is 200 Å². The van der Waals surface area contributed by atoms with Crippen molar-refractivity contribution in [3.8, 4) is 16.8 Å². The molecule has 258 valence electrons. The third-order valence-electron chi connectivity index (χ3n) is 11.1. The average Bonchev–Trinajstić information content (AvgIpc) is 3.67. The van der Waals surface area contributed by atoms with E-state index >= 15 is 0 Å². The van der Waals surface area contributed by atoms with E-state index in [-0.39, 0.29) is 5.41 Å². The first kappa shape index (κ1) is 31.9. The van der Waals surface area contributed by atoms with Gasteiger partial charge >= 0.3 is 0 Å². The van der Waals surface area contributed by atoms with Crippen LogP contribution in [0.1, 0.15) is 25.0 Å². The fraction of sp³-hybridized carbons (Fsp3) is 0.0588. The molecular formula is C51H39N3. The third-order valence-corrected chi connectivity index (χ3v) is 11.1. The fourth-order valence-corrected chi connectivity index (χ4v) is 8.59. The summed E-state index contributed by atoms with van der Waals surface area (Å²) in [5.41, 5.74) is 15.5. The maximum atomic E-state index is 2.41. The Morgan fingerprint density at radius 3 is 1.30 bits per heavy atom. The van der Waals surface area contributed by atoms with Gasteiger partial charge in [0.25, 0.3) is 0 Å². The summed E-state index contributed by atoms with van der Waals surface area (Å²) in [5, 5.41) is 2.40. The first-order valence-corrected chi connectivity index (χ1v) is 18.7. The standard InChI is InChI=1S/C51H39N3/c1-51(2)47-26-16-15-25-43(47)44-30-27-42(35-48(44)51)53(38-21-11-5-12-22-38)41-29-32-50-46(34-41)45-33-40(28-31-49(45)54(50)39-23-13-6-14-24-39)52(36-17-7-3-8-18-36)37-19-9-4-10-20-37/h3-35H,1-2H3. The number of anilines is 6. The van der Waals surface area contributed by atoms with Gasteiger partial charge < -0.3 is 14.4 Å². The zero-order valence-corrected chi connectivity index (χ0v) is 30.4. The molecule has 3 heteroatoms. The van der Waals surface area contributed by atoms with Crippen LogP contribution in [0.2, 0.25) is 0 Å². The molecule has 54 heavy (non-hydrogen) atoms. The smallest absolute Gasteiger partial charge is 0.0542 e. The predicted octanol–water partition coefficient (Wildman–Crippen LogP) is 14.0. The van der Waals surface area contributed by atoms with Crippen LogP contribution in [0.5, 0.6) is 0 Å². The molecule has 0 N–H and O–H groups in total. The van der Waals surface area contributed by atoms with Gasteiger partial charge in [-0.25, -0.2) is 0 Å². The molecule has 9 aromatic rings. The monoisotopic (exact) mass is 693 g/mol. The maximum absolute atomic E-state index is 2.41. The molecule has 0 spiro atoms. The van der Waals surface area contributed by atoms with E-state index in [0.717, 1.165) is 39.8 Å². The lowest BCUT2D eigenvalue weighted by molar-refractivity contribution is 0.660. The van der Waals surface area contributed by atoms with Gasteiger partial charge in [0.15, 0.2) is 0 Å². The van der Waals surface area contributed by atoms with Crippen molar-refractivity contribution in [2.75, 3.05) is 9.80 Å². The van der Waals surface area contributed by atoms with Crippen molar-refractivity contribution in [2.24, 2.45) is 0 Å². The Labute approximate surface area is 316 Å². The number of benzene rings is 8. The van der Waals surface area contributed by atoms with E-state index in [1.807, 2.05) is 0 Å². The van der Waals surface area contributed by atoms with E-state index in [1.165, 1.54) is 44.1 Å². The Morgan fingerprint density at radius 2 is 0.759 bits per heavy atom. The lowest BCUT2D eigenvalue weighted by Crippen LogP contribution is -2.16. The lowest BCUT2D eigenvalue weighted by Gasteiger charge is -2.28. The van der Waals surface area contributed by atoms with Gasteiger partial charge in [0, 0.05) is 56.0 Å². The minimum absolute atomic E-state index is 0.100. The van der Waals surface area contributed by atoms with E-state index in [4.69, 9.17) is 0 Å². The summed E-state index contributed by atoms with van der Waals surface area (Å²) < 4.78 is 2.40. The predicted molar refractivity (Wildman–Crippen MR) is 228 cm³/mol. The van der Waals surface area contributed by atoms with Crippen LogP contribution in [0, 0.1) is 0 Å². The average molecular weight is 694 g/mol. The molecule has 0 fully saturated rings. The van der Waals surface area contributed by atoms with Gasteiger partial charge in [0.2, 0.25) is 0 Å².